The Balaban J connectivity index is 1.56. The van der Waals surface area contributed by atoms with Crippen molar-refractivity contribution in [3.63, 3.8) is 0 Å². The summed E-state index contributed by atoms with van der Waals surface area (Å²) in [4.78, 5) is 4.38. The number of rotatable bonds is 6. The Morgan fingerprint density at radius 1 is 0.967 bits per heavy atom. The van der Waals surface area contributed by atoms with Gasteiger partial charge in [-0.15, -0.1) is 0 Å². The molecule has 3 nitrogen and oxygen atoms in total. The van der Waals surface area contributed by atoms with Gasteiger partial charge in [-0.1, -0.05) is 55.1 Å². The molecular formula is C24H24ClF2N3. The molecule has 1 aliphatic rings. The third-order valence-electron chi connectivity index (χ3n) is 5.47. The van der Waals surface area contributed by atoms with Crippen LogP contribution >= 0.6 is 11.6 Å². The lowest BCUT2D eigenvalue weighted by Gasteiger charge is -2.23. The minimum atomic E-state index is -0.398. The Kier molecular flexibility index (Phi) is 6.48. The monoisotopic (exact) mass is 427 g/mol. The first-order chi connectivity index (χ1) is 14.6. The van der Waals surface area contributed by atoms with Crippen LogP contribution in [0.3, 0.4) is 0 Å². The number of aromatic nitrogens is 1. The average molecular weight is 428 g/mol. The molecule has 1 aromatic heterocycles. The first-order valence-electron chi connectivity index (χ1n) is 10.3. The highest BCUT2D eigenvalue weighted by Crippen LogP contribution is 2.34. The standard InChI is InChI=1S/C24H24ClF2N3/c25-21-15-29-23(30-18-8-2-1-3-9-18)13-20(21)19-10-5-11-22(24(19)27)28-14-16-6-4-7-17(26)12-16/h4-7,10-13,15,18,28H,1-3,8-9,14H2,(H,29,30). The van der Waals surface area contributed by atoms with Gasteiger partial charge < -0.3 is 10.6 Å². The summed E-state index contributed by atoms with van der Waals surface area (Å²) in [5, 5.41) is 6.91. The van der Waals surface area contributed by atoms with Gasteiger partial charge >= 0.3 is 0 Å². The van der Waals surface area contributed by atoms with Crippen LogP contribution in [-0.2, 0) is 6.54 Å². The SMILES string of the molecule is Fc1cccc(CNc2cccc(-c3cc(NC4CCCCC4)ncc3Cl)c2F)c1. The van der Waals surface area contributed by atoms with Crippen molar-refractivity contribution >= 4 is 23.1 Å². The van der Waals surface area contributed by atoms with Gasteiger partial charge in [0, 0.05) is 29.9 Å². The van der Waals surface area contributed by atoms with Crippen LogP contribution in [0, 0.1) is 11.6 Å². The van der Waals surface area contributed by atoms with Crippen LogP contribution in [0.2, 0.25) is 5.02 Å². The minimum absolute atomic E-state index is 0.315. The van der Waals surface area contributed by atoms with Crippen molar-refractivity contribution in [1.29, 1.82) is 0 Å². The summed E-state index contributed by atoms with van der Waals surface area (Å²) < 4.78 is 28.7. The fourth-order valence-corrected chi connectivity index (χ4v) is 4.11. The molecule has 0 radical (unpaired) electrons. The van der Waals surface area contributed by atoms with Crippen molar-refractivity contribution in [2.75, 3.05) is 10.6 Å². The Labute approximate surface area is 180 Å². The van der Waals surface area contributed by atoms with Crippen molar-refractivity contribution in [2.24, 2.45) is 0 Å². The van der Waals surface area contributed by atoms with Gasteiger partial charge in [-0.25, -0.2) is 13.8 Å². The Bertz CT molecular complexity index is 1020. The van der Waals surface area contributed by atoms with E-state index in [9.17, 15) is 4.39 Å². The summed E-state index contributed by atoms with van der Waals surface area (Å²) in [7, 11) is 0. The molecule has 6 heteroatoms. The number of anilines is 2. The molecule has 1 fully saturated rings. The van der Waals surface area contributed by atoms with Crippen LogP contribution in [0.5, 0.6) is 0 Å². The summed E-state index contributed by atoms with van der Waals surface area (Å²) in [5.41, 5.74) is 2.07. The second-order valence-electron chi connectivity index (χ2n) is 7.68. The highest BCUT2D eigenvalue weighted by Gasteiger charge is 2.17. The molecule has 2 aromatic carbocycles. The summed E-state index contributed by atoms with van der Waals surface area (Å²) in [6.07, 6.45) is 7.50. The average Bonchev–Trinajstić information content (AvgIpc) is 2.75. The normalized spacial score (nSPS) is 14.5. The first kappa shape index (κ1) is 20.6. The smallest absolute Gasteiger partial charge is 0.154 e. The van der Waals surface area contributed by atoms with Crippen LogP contribution in [0.4, 0.5) is 20.3 Å². The van der Waals surface area contributed by atoms with E-state index in [0.717, 1.165) is 18.4 Å². The highest BCUT2D eigenvalue weighted by atomic mass is 35.5. The van der Waals surface area contributed by atoms with E-state index in [1.807, 2.05) is 6.07 Å². The third-order valence-corrected chi connectivity index (χ3v) is 5.77. The molecule has 0 saturated heterocycles. The van der Waals surface area contributed by atoms with E-state index in [4.69, 9.17) is 11.6 Å². The molecule has 0 unspecified atom stereocenters. The Morgan fingerprint density at radius 3 is 2.57 bits per heavy atom. The molecule has 156 valence electrons. The molecule has 0 atom stereocenters. The zero-order chi connectivity index (χ0) is 20.9. The number of nitrogens with zero attached hydrogens (tertiary/aromatic N) is 1. The molecule has 3 aromatic rings. The first-order valence-corrected chi connectivity index (χ1v) is 10.7. The van der Waals surface area contributed by atoms with Gasteiger partial charge in [0.05, 0.1) is 10.7 Å². The number of nitrogens with one attached hydrogen (secondary N) is 2. The van der Waals surface area contributed by atoms with Crippen molar-refractivity contribution in [3.8, 4) is 11.1 Å². The van der Waals surface area contributed by atoms with Gasteiger partial charge in [-0.2, -0.15) is 0 Å². The molecule has 1 aliphatic carbocycles. The van der Waals surface area contributed by atoms with E-state index in [-0.39, 0.29) is 5.82 Å². The Hall–Kier alpha value is -2.66. The minimum Gasteiger partial charge on any atom is -0.379 e. The predicted molar refractivity (Wildman–Crippen MR) is 119 cm³/mol. The van der Waals surface area contributed by atoms with Gasteiger partial charge in [-0.3, -0.25) is 0 Å². The molecule has 4 rings (SSSR count). The van der Waals surface area contributed by atoms with Crippen LogP contribution in [0.15, 0.2) is 54.7 Å². The lowest BCUT2D eigenvalue weighted by molar-refractivity contribution is 0.462. The predicted octanol–water partition coefficient (Wildman–Crippen LogP) is 7.04. The lowest BCUT2D eigenvalue weighted by Crippen LogP contribution is -2.22. The van der Waals surface area contributed by atoms with Gasteiger partial charge in [0.2, 0.25) is 0 Å². The molecule has 0 amide bonds. The van der Waals surface area contributed by atoms with Crippen LogP contribution < -0.4 is 10.6 Å². The molecule has 2 N–H and O–H groups in total. The quantitative estimate of drug-likeness (QED) is 0.443. The number of hydrogen-bond acceptors (Lipinski definition) is 3. The van der Waals surface area contributed by atoms with E-state index in [1.165, 1.54) is 31.4 Å². The second-order valence-corrected chi connectivity index (χ2v) is 8.09. The number of hydrogen-bond donors (Lipinski definition) is 2. The molecular weight excluding hydrogens is 404 g/mol. The third kappa shape index (κ3) is 4.90. The van der Waals surface area contributed by atoms with Gasteiger partial charge in [0.1, 0.15) is 11.6 Å². The molecule has 0 spiro atoms. The van der Waals surface area contributed by atoms with E-state index in [1.54, 1.807) is 36.5 Å². The van der Waals surface area contributed by atoms with E-state index < -0.39 is 5.82 Å². The van der Waals surface area contributed by atoms with Crippen LogP contribution in [-0.4, -0.2) is 11.0 Å². The van der Waals surface area contributed by atoms with Crippen molar-refractivity contribution in [1.82, 2.24) is 4.98 Å². The summed E-state index contributed by atoms with van der Waals surface area (Å²) in [6.45, 7) is 0.316. The summed E-state index contributed by atoms with van der Waals surface area (Å²) in [5.74, 6) is -0.00507. The number of pyridine rings is 1. The fraction of sp³-hybridized carbons (Fsp3) is 0.292. The van der Waals surface area contributed by atoms with E-state index >= 15 is 4.39 Å². The van der Waals surface area contributed by atoms with Gasteiger partial charge in [0.25, 0.3) is 0 Å². The van der Waals surface area contributed by atoms with Gasteiger partial charge in [0.15, 0.2) is 5.82 Å². The van der Waals surface area contributed by atoms with Crippen molar-refractivity contribution < 1.29 is 8.78 Å². The largest absolute Gasteiger partial charge is 0.379 e. The lowest BCUT2D eigenvalue weighted by atomic mass is 9.95. The zero-order valence-corrected chi connectivity index (χ0v) is 17.4. The topological polar surface area (TPSA) is 37.0 Å². The Morgan fingerprint density at radius 2 is 1.77 bits per heavy atom. The highest BCUT2D eigenvalue weighted by molar-refractivity contribution is 6.33. The van der Waals surface area contributed by atoms with Crippen LogP contribution in [0.1, 0.15) is 37.7 Å². The molecule has 0 bridgehead atoms. The second kappa shape index (κ2) is 9.43. The summed E-state index contributed by atoms with van der Waals surface area (Å²) >= 11 is 6.37. The zero-order valence-electron chi connectivity index (χ0n) is 16.6. The molecule has 1 heterocycles. The van der Waals surface area contributed by atoms with Gasteiger partial charge in [-0.05, 0) is 42.7 Å². The maximum Gasteiger partial charge on any atom is 0.154 e. The maximum atomic E-state index is 15.3. The molecule has 0 aliphatic heterocycles. The number of benzene rings is 2. The molecule has 1 saturated carbocycles. The van der Waals surface area contributed by atoms with E-state index in [0.29, 0.717) is 40.2 Å². The fourth-order valence-electron chi connectivity index (χ4n) is 3.90. The van der Waals surface area contributed by atoms with E-state index in [2.05, 4.69) is 15.6 Å². The van der Waals surface area contributed by atoms with Crippen molar-refractivity contribution in [3.05, 3.63) is 76.9 Å². The maximum absolute atomic E-state index is 15.3. The van der Waals surface area contributed by atoms with Crippen LogP contribution in [0.25, 0.3) is 11.1 Å². The van der Waals surface area contributed by atoms with Crippen molar-refractivity contribution in [2.45, 2.75) is 44.7 Å². The molecule has 30 heavy (non-hydrogen) atoms. The summed E-state index contributed by atoms with van der Waals surface area (Å²) in [6, 6.07) is 13.6. The number of halogens is 3.